The van der Waals surface area contributed by atoms with Gasteiger partial charge in [-0.05, 0) is 43.7 Å². The lowest BCUT2D eigenvalue weighted by Gasteiger charge is -2.24. The number of rotatable bonds is 4. The van der Waals surface area contributed by atoms with Crippen molar-refractivity contribution in [2.75, 3.05) is 11.4 Å². The van der Waals surface area contributed by atoms with Gasteiger partial charge in [-0.15, -0.1) is 0 Å². The first-order valence-corrected chi connectivity index (χ1v) is 6.62. The lowest BCUT2D eigenvalue weighted by molar-refractivity contribution is 1.02. The summed E-state index contributed by atoms with van der Waals surface area (Å²) in [5, 5.41) is 0. The summed E-state index contributed by atoms with van der Waals surface area (Å²) in [6.07, 6.45) is 1.74. The molecule has 3 nitrogen and oxygen atoms in total. The molecule has 0 aliphatic carbocycles. The summed E-state index contributed by atoms with van der Waals surface area (Å²) in [6.45, 7) is 5.07. The van der Waals surface area contributed by atoms with Gasteiger partial charge < -0.3 is 10.6 Å². The van der Waals surface area contributed by atoms with E-state index in [4.69, 9.17) is 18.0 Å². The number of thiocarbonyl (C=S) groups is 1. The van der Waals surface area contributed by atoms with Gasteiger partial charge in [-0.1, -0.05) is 24.4 Å². The topological polar surface area (TPSA) is 42.2 Å². The Morgan fingerprint density at radius 2 is 2.00 bits per heavy atom. The van der Waals surface area contributed by atoms with Crippen LogP contribution in [0.2, 0.25) is 0 Å². The minimum absolute atomic E-state index is 0.321. The van der Waals surface area contributed by atoms with Gasteiger partial charge in [-0.2, -0.15) is 0 Å². The quantitative estimate of drug-likeness (QED) is 0.867. The fourth-order valence-corrected chi connectivity index (χ4v) is 2.14. The Morgan fingerprint density at radius 3 is 2.63 bits per heavy atom. The fraction of sp³-hybridized carbons (Fsp3) is 0.200. The Bertz CT molecular complexity index is 595. The number of hydrogen-bond acceptors (Lipinski definition) is 3. The van der Waals surface area contributed by atoms with Gasteiger partial charge in [0.1, 0.15) is 4.99 Å². The molecule has 1 aromatic heterocycles. The van der Waals surface area contributed by atoms with Gasteiger partial charge in [-0.3, -0.25) is 4.98 Å². The SMILES string of the molecule is CCN(c1cccc(C)c1)c1ccnc(C(N)=S)c1. The predicted molar refractivity (Wildman–Crippen MR) is 84.0 cm³/mol. The molecule has 0 unspecified atom stereocenters. The number of nitrogens with zero attached hydrogens (tertiary/aromatic N) is 2. The van der Waals surface area contributed by atoms with Crippen molar-refractivity contribution in [2.24, 2.45) is 5.73 Å². The first-order valence-electron chi connectivity index (χ1n) is 6.22. The van der Waals surface area contributed by atoms with Crippen LogP contribution in [0.4, 0.5) is 11.4 Å². The van der Waals surface area contributed by atoms with Gasteiger partial charge in [-0.25, -0.2) is 0 Å². The third-order valence-corrected chi connectivity index (χ3v) is 3.15. The van der Waals surface area contributed by atoms with Crippen LogP contribution in [-0.4, -0.2) is 16.5 Å². The molecule has 2 rings (SSSR count). The molecule has 0 bridgehead atoms. The molecule has 0 saturated carbocycles. The number of nitrogens with two attached hydrogens (primary N) is 1. The average Bonchev–Trinajstić information content (AvgIpc) is 2.40. The van der Waals surface area contributed by atoms with E-state index in [-0.39, 0.29) is 0 Å². The zero-order valence-corrected chi connectivity index (χ0v) is 11.9. The first-order chi connectivity index (χ1) is 9.11. The van der Waals surface area contributed by atoms with Gasteiger partial charge in [0.2, 0.25) is 0 Å². The Morgan fingerprint density at radius 1 is 1.26 bits per heavy atom. The summed E-state index contributed by atoms with van der Waals surface area (Å²) in [7, 11) is 0. The molecule has 1 heterocycles. The van der Waals surface area contributed by atoms with E-state index in [0.717, 1.165) is 17.9 Å². The zero-order chi connectivity index (χ0) is 13.8. The predicted octanol–water partition coefficient (Wildman–Crippen LogP) is 3.18. The highest BCUT2D eigenvalue weighted by molar-refractivity contribution is 7.80. The van der Waals surface area contributed by atoms with E-state index in [1.54, 1.807) is 6.20 Å². The van der Waals surface area contributed by atoms with Gasteiger partial charge in [0.05, 0.1) is 5.69 Å². The number of benzene rings is 1. The molecule has 1 aromatic carbocycles. The number of hydrogen-bond donors (Lipinski definition) is 1. The van der Waals surface area contributed by atoms with Crippen LogP contribution in [0, 0.1) is 6.92 Å². The van der Waals surface area contributed by atoms with Crippen molar-refractivity contribution in [3.8, 4) is 0 Å². The van der Waals surface area contributed by atoms with Crippen molar-refractivity contribution in [1.82, 2.24) is 4.98 Å². The van der Waals surface area contributed by atoms with Crippen LogP contribution in [0.15, 0.2) is 42.6 Å². The van der Waals surface area contributed by atoms with E-state index in [1.807, 2.05) is 12.1 Å². The highest BCUT2D eigenvalue weighted by Gasteiger charge is 2.09. The van der Waals surface area contributed by atoms with Crippen molar-refractivity contribution in [2.45, 2.75) is 13.8 Å². The summed E-state index contributed by atoms with van der Waals surface area (Å²) in [6, 6.07) is 12.3. The molecule has 0 radical (unpaired) electrons. The molecule has 4 heteroatoms. The Labute approximate surface area is 119 Å². The third kappa shape index (κ3) is 3.09. The summed E-state index contributed by atoms with van der Waals surface area (Å²) in [4.78, 5) is 6.70. The smallest absolute Gasteiger partial charge is 0.122 e. The lowest BCUT2D eigenvalue weighted by atomic mass is 10.2. The molecule has 98 valence electrons. The van der Waals surface area contributed by atoms with Crippen LogP contribution in [0.25, 0.3) is 0 Å². The maximum Gasteiger partial charge on any atom is 0.122 e. The molecule has 0 amide bonds. The van der Waals surface area contributed by atoms with Crippen molar-refractivity contribution < 1.29 is 0 Å². The second-order valence-corrected chi connectivity index (χ2v) is 4.79. The highest BCUT2D eigenvalue weighted by Crippen LogP contribution is 2.25. The molecule has 2 aromatic rings. The second-order valence-electron chi connectivity index (χ2n) is 4.35. The molecule has 0 spiro atoms. The van der Waals surface area contributed by atoms with E-state index in [9.17, 15) is 0 Å². The molecule has 0 atom stereocenters. The highest BCUT2D eigenvalue weighted by atomic mass is 32.1. The number of aromatic nitrogens is 1. The largest absolute Gasteiger partial charge is 0.388 e. The average molecular weight is 271 g/mol. The zero-order valence-electron chi connectivity index (χ0n) is 11.1. The van der Waals surface area contributed by atoms with Crippen molar-refractivity contribution in [3.63, 3.8) is 0 Å². The van der Waals surface area contributed by atoms with E-state index < -0.39 is 0 Å². The molecule has 0 saturated heterocycles. The Kier molecular flexibility index (Phi) is 4.12. The van der Waals surface area contributed by atoms with Crippen LogP contribution >= 0.6 is 12.2 Å². The molecule has 0 aliphatic heterocycles. The maximum atomic E-state index is 5.64. The van der Waals surface area contributed by atoms with Gasteiger partial charge in [0, 0.05) is 24.1 Å². The molecule has 2 N–H and O–H groups in total. The van der Waals surface area contributed by atoms with Gasteiger partial charge in [0.25, 0.3) is 0 Å². The van der Waals surface area contributed by atoms with E-state index in [2.05, 4.69) is 48.0 Å². The number of anilines is 2. The fourth-order valence-electron chi connectivity index (χ4n) is 2.03. The third-order valence-electron chi connectivity index (χ3n) is 2.94. The Balaban J connectivity index is 2.42. The van der Waals surface area contributed by atoms with Crippen molar-refractivity contribution in [3.05, 3.63) is 53.9 Å². The summed E-state index contributed by atoms with van der Waals surface area (Å²) in [5.41, 5.74) is 9.73. The number of aryl methyl sites for hydroxylation is 1. The maximum absolute atomic E-state index is 5.64. The summed E-state index contributed by atoms with van der Waals surface area (Å²) >= 11 is 4.98. The van der Waals surface area contributed by atoms with E-state index in [0.29, 0.717) is 10.7 Å². The van der Waals surface area contributed by atoms with Crippen LogP contribution in [-0.2, 0) is 0 Å². The minimum atomic E-state index is 0.321. The normalized spacial score (nSPS) is 10.2. The lowest BCUT2D eigenvalue weighted by Crippen LogP contribution is -2.18. The van der Waals surface area contributed by atoms with Crippen molar-refractivity contribution >= 4 is 28.6 Å². The van der Waals surface area contributed by atoms with Gasteiger partial charge in [0.15, 0.2) is 0 Å². The van der Waals surface area contributed by atoms with E-state index >= 15 is 0 Å². The Hall–Kier alpha value is -1.94. The van der Waals surface area contributed by atoms with Crippen LogP contribution in [0.5, 0.6) is 0 Å². The molecule has 0 aliphatic rings. The first kappa shape index (κ1) is 13.5. The monoisotopic (exact) mass is 271 g/mol. The summed E-state index contributed by atoms with van der Waals surface area (Å²) < 4.78 is 0. The molecular weight excluding hydrogens is 254 g/mol. The standard InChI is InChI=1S/C15H17N3S/c1-3-18(12-6-4-5-11(2)9-12)13-7-8-17-14(10-13)15(16)19/h4-10H,3H2,1-2H3,(H2,16,19). The van der Waals surface area contributed by atoms with Crippen molar-refractivity contribution in [1.29, 1.82) is 0 Å². The van der Waals surface area contributed by atoms with Crippen LogP contribution in [0.1, 0.15) is 18.2 Å². The minimum Gasteiger partial charge on any atom is -0.388 e. The molecule has 0 fully saturated rings. The second kappa shape index (κ2) is 5.80. The number of pyridine rings is 1. The molecule has 19 heavy (non-hydrogen) atoms. The van der Waals surface area contributed by atoms with Crippen LogP contribution < -0.4 is 10.6 Å². The van der Waals surface area contributed by atoms with Crippen LogP contribution in [0.3, 0.4) is 0 Å². The van der Waals surface area contributed by atoms with E-state index in [1.165, 1.54) is 5.56 Å². The molecular formula is C15H17N3S. The van der Waals surface area contributed by atoms with Gasteiger partial charge >= 0.3 is 0 Å². The summed E-state index contributed by atoms with van der Waals surface area (Å²) in [5.74, 6) is 0.